The molecule has 0 saturated carbocycles. The molecular weight excluding hydrogens is 337 g/mol. The van der Waals surface area contributed by atoms with E-state index in [9.17, 15) is 19.4 Å². The van der Waals surface area contributed by atoms with Crippen molar-refractivity contribution in [2.75, 3.05) is 20.2 Å². The average Bonchev–Trinajstić information content (AvgIpc) is 2.37. The molecule has 1 aromatic carbocycles. The van der Waals surface area contributed by atoms with Crippen molar-refractivity contribution in [3.63, 3.8) is 0 Å². The van der Waals surface area contributed by atoms with E-state index < -0.39 is 20.7 Å². The highest BCUT2D eigenvalue weighted by molar-refractivity contribution is 8.45. The second kappa shape index (κ2) is 4.97. The first-order valence-corrected chi connectivity index (χ1v) is 8.02. The Balaban J connectivity index is 0.00000220. The molecule has 0 radical (unpaired) electrons. The van der Waals surface area contributed by atoms with Crippen molar-refractivity contribution in [3.8, 4) is 0 Å². The Morgan fingerprint density at radius 3 is 1.86 bits per heavy atom. The Morgan fingerprint density at radius 1 is 1.00 bits per heavy atom. The normalized spacial score (nSPS) is 21.8. The molecule has 1 saturated heterocycles. The van der Waals surface area contributed by atoms with Crippen LogP contribution in [0.1, 0.15) is 18.4 Å². The van der Waals surface area contributed by atoms with Gasteiger partial charge in [-0.3, -0.25) is 0 Å². The van der Waals surface area contributed by atoms with Crippen molar-refractivity contribution in [3.05, 3.63) is 29.8 Å². The van der Waals surface area contributed by atoms with Gasteiger partial charge in [-0.25, -0.2) is 0 Å². The maximum Gasteiger partial charge on any atom is 0.310 e. The molecule has 1 heterocycles. The van der Waals surface area contributed by atoms with Gasteiger partial charge >= 0.3 is 10.2 Å². The highest BCUT2D eigenvalue weighted by atomic mass is 35.5. The highest BCUT2D eigenvalue weighted by Gasteiger charge is 2.65. The fraction of sp³-hybridized carbons (Fsp3) is 0.500. The van der Waals surface area contributed by atoms with Crippen molar-refractivity contribution >= 4 is 22.6 Å². The van der Waals surface area contributed by atoms with Crippen LogP contribution in [0, 0.1) is 0 Å². The molecule has 0 unspecified atom stereocenters. The SMILES string of the molecule is COC1(c2ccc(S(F)(F)(F)(F)F)cc2)CCNCC1.Cl. The molecule has 0 aliphatic carbocycles. The van der Waals surface area contributed by atoms with Crippen LogP contribution in [-0.4, -0.2) is 20.2 Å². The van der Waals surface area contributed by atoms with Crippen molar-refractivity contribution in [1.29, 1.82) is 0 Å². The van der Waals surface area contributed by atoms with Crippen LogP contribution in [0.15, 0.2) is 29.2 Å². The van der Waals surface area contributed by atoms with Crippen LogP contribution in [-0.2, 0) is 10.3 Å². The molecule has 0 aromatic heterocycles. The number of halogens is 6. The minimum Gasteiger partial charge on any atom is -0.373 e. The minimum absolute atomic E-state index is 0. The largest absolute Gasteiger partial charge is 0.373 e. The van der Waals surface area contributed by atoms with Crippen LogP contribution in [0.5, 0.6) is 0 Å². The van der Waals surface area contributed by atoms with Gasteiger partial charge in [0.05, 0.1) is 5.60 Å². The number of hydrogen-bond donors (Lipinski definition) is 1. The summed E-state index contributed by atoms with van der Waals surface area (Å²) in [6, 6.07) is 3.06. The third-order valence-corrected chi connectivity index (χ3v) is 4.79. The summed E-state index contributed by atoms with van der Waals surface area (Å²) in [5.74, 6) is 0. The number of hydrogen-bond acceptors (Lipinski definition) is 2. The predicted molar refractivity (Wildman–Crippen MR) is 75.9 cm³/mol. The lowest BCUT2D eigenvalue weighted by Crippen LogP contribution is -2.41. The van der Waals surface area contributed by atoms with Gasteiger partial charge in [0.25, 0.3) is 0 Å². The summed E-state index contributed by atoms with van der Waals surface area (Å²) in [4.78, 5) is -1.87. The van der Waals surface area contributed by atoms with Crippen LogP contribution in [0.4, 0.5) is 19.4 Å². The molecule has 1 aromatic rings. The maximum absolute atomic E-state index is 12.7. The lowest BCUT2D eigenvalue weighted by molar-refractivity contribution is -0.0391. The molecule has 1 fully saturated rings. The first-order valence-electron chi connectivity index (χ1n) is 6.07. The van der Waals surface area contributed by atoms with Crippen molar-refractivity contribution in [2.24, 2.45) is 0 Å². The number of piperidine rings is 1. The van der Waals surface area contributed by atoms with Crippen molar-refractivity contribution in [1.82, 2.24) is 5.32 Å². The molecule has 1 N–H and O–H groups in total. The number of methoxy groups -OCH3 is 1. The monoisotopic (exact) mass is 353 g/mol. The van der Waals surface area contributed by atoms with Gasteiger partial charge in [0.1, 0.15) is 4.90 Å². The van der Waals surface area contributed by atoms with Crippen molar-refractivity contribution in [2.45, 2.75) is 23.3 Å². The van der Waals surface area contributed by atoms with Crippen LogP contribution in [0.3, 0.4) is 0 Å². The van der Waals surface area contributed by atoms with E-state index in [-0.39, 0.29) is 12.4 Å². The fourth-order valence-electron chi connectivity index (χ4n) is 2.46. The standard InChI is InChI=1S/C12H16F5NOS.ClH/c1-19-12(6-8-18-9-7-12)10-2-4-11(5-3-10)20(13,14,15,16)17;/h2-5,18H,6-9H2,1H3;1H. The molecule has 0 atom stereocenters. The first kappa shape index (κ1) is 18.5. The van der Waals surface area contributed by atoms with Crippen LogP contribution in [0.25, 0.3) is 0 Å². The highest BCUT2D eigenvalue weighted by Crippen LogP contribution is 3.02. The third kappa shape index (κ3) is 4.00. The summed E-state index contributed by atoms with van der Waals surface area (Å²) in [6.45, 7) is 1.33. The molecule has 0 spiro atoms. The summed E-state index contributed by atoms with van der Waals surface area (Å²) in [5.41, 5.74) is -0.214. The van der Waals surface area contributed by atoms with E-state index in [0.29, 0.717) is 43.6 Å². The Bertz CT molecular complexity index is 498. The first-order chi connectivity index (χ1) is 8.97. The molecular formula is C12H17ClF5NOS. The van der Waals surface area contributed by atoms with Gasteiger partial charge in [-0.05, 0) is 43.6 Å². The molecule has 1 aliphatic rings. The third-order valence-electron chi connectivity index (χ3n) is 3.63. The molecule has 9 heteroatoms. The summed E-state index contributed by atoms with van der Waals surface area (Å²) in [7, 11) is -8.12. The Kier molecular flexibility index (Phi) is 4.38. The lowest BCUT2D eigenvalue weighted by Gasteiger charge is -2.41. The molecule has 0 amide bonds. The zero-order valence-corrected chi connectivity index (χ0v) is 12.9. The Hall–Kier alpha value is -0.570. The zero-order chi connectivity index (χ0) is 15.1. The molecule has 21 heavy (non-hydrogen) atoms. The van der Waals surface area contributed by atoms with E-state index in [0.717, 1.165) is 12.1 Å². The van der Waals surface area contributed by atoms with Gasteiger partial charge in [-0.1, -0.05) is 31.6 Å². The molecule has 1 aliphatic heterocycles. The second-order valence-electron chi connectivity index (χ2n) is 4.94. The van der Waals surface area contributed by atoms with E-state index in [2.05, 4.69) is 5.32 Å². The van der Waals surface area contributed by atoms with Gasteiger partial charge in [0.15, 0.2) is 0 Å². The van der Waals surface area contributed by atoms with Gasteiger partial charge in [0.2, 0.25) is 0 Å². The summed E-state index contributed by atoms with van der Waals surface area (Å²) < 4.78 is 68.7. The zero-order valence-electron chi connectivity index (χ0n) is 11.3. The average molecular weight is 354 g/mol. The topological polar surface area (TPSA) is 21.3 Å². The summed E-state index contributed by atoms with van der Waals surface area (Å²) in [6.07, 6.45) is 1.17. The summed E-state index contributed by atoms with van der Waals surface area (Å²) in [5, 5.41) is 3.12. The van der Waals surface area contributed by atoms with Crippen LogP contribution >= 0.6 is 22.6 Å². The van der Waals surface area contributed by atoms with Crippen LogP contribution < -0.4 is 5.32 Å². The van der Waals surface area contributed by atoms with E-state index in [1.165, 1.54) is 7.11 Å². The molecule has 2 rings (SSSR count). The van der Waals surface area contributed by atoms with Gasteiger partial charge < -0.3 is 10.1 Å². The smallest absolute Gasteiger partial charge is 0.310 e. The van der Waals surface area contributed by atoms with Crippen molar-refractivity contribution < 1.29 is 24.2 Å². The number of ether oxygens (including phenoxy) is 1. The Labute approximate surface area is 126 Å². The predicted octanol–water partition coefficient (Wildman–Crippen LogP) is 4.99. The fourth-order valence-corrected chi connectivity index (χ4v) is 3.11. The lowest BCUT2D eigenvalue weighted by atomic mass is 9.85. The number of rotatable bonds is 3. The number of benzene rings is 1. The van der Waals surface area contributed by atoms with Crippen LogP contribution in [0.2, 0.25) is 0 Å². The van der Waals surface area contributed by atoms with E-state index in [1.807, 2.05) is 0 Å². The van der Waals surface area contributed by atoms with Gasteiger partial charge in [0, 0.05) is 7.11 Å². The van der Waals surface area contributed by atoms with Gasteiger partial charge in [-0.15, -0.1) is 12.4 Å². The molecule has 2 nitrogen and oxygen atoms in total. The molecule has 0 bridgehead atoms. The molecule has 124 valence electrons. The Morgan fingerprint density at radius 2 is 1.48 bits per heavy atom. The van der Waals surface area contributed by atoms with Gasteiger partial charge in [-0.2, -0.15) is 0 Å². The maximum atomic E-state index is 12.7. The van der Waals surface area contributed by atoms with E-state index >= 15 is 0 Å². The second-order valence-corrected chi connectivity index (χ2v) is 7.35. The summed E-state index contributed by atoms with van der Waals surface area (Å²) >= 11 is 0. The minimum atomic E-state index is -9.60. The number of nitrogens with one attached hydrogen (secondary N) is 1. The van der Waals surface area contributed by atoms with E-state index in [4.69, 9.17) is 4.74 Å². The quantitative estimate of drug-likeness (QED) is 0.773. The van der Waals surface area contributed by atoms with E-state index in [1.54, 1.807) is 0 Å².